The van der Waals surface area contributed by atoms with Crippen LogP contribution < -0.4 is 4.74 Å². The van der Waals surface area contributed by atoms with E-state index in [-0.39, 0.29) is 0 Å². The molecule has 0 atom stereocenters. The van der Waals surface area contributed by atoms with Gasteiger partial charge in [0.25, 0.3) is 0 Å². The average Bonchev–Trinajstić information content (AvgIpc) is 1.85. The summed E-state index contributed by atoms with van der Waals surface area (Å²) in [5.74, 6) is 0.817. The summed E-state index contributed by atoms with van der Waals surface area (Å²) in [5.41, 5.74) is 1.87. The third-order valence-corrected chi connectivity index (χ3v) is 1.26. The zero-order valence-corrected chi connectivity index (χ0v) is 6.05. The molecule has 1 aromatic rings. The van der Waals surface area contributed by atoms with E-state index in [2.05, 4.69) is 13.8 Å². The molecule has 0 aliphatic heterocycles. The van der Waals surface area contributed by atoms with Crippen molar-refractivity contribution in [3.63, 3.8) is 0 Å². The Bertz CT molecular complexity index is 208. The zero-order valence-electron chi connectivity index (χ0n) is 6.05. The zero-order chi connectivity index (χ0) is 7.56. The topological polar surface area (TPSA) is 9.23 Å². The normalized spacial score (nSPS) is 9.50. The highest BCUT2D eigenvalue weighted by Crippen LogP contribution is 2.14. The molecule has 0 heterocycles. The SMILES string of the molecule is [CH2]c1cc([CH2])cc(OC)c1. The highest BCUT2D eigenvalue weighted by molar-refractivity contribution is 5.36. The summed E-state index contributed by atoms with van der Waals surface area (Å²) in [6.45, 7) is 7.54. The molecule has 0 saturated heterocycles. The molecule has 1 aromatic carbocycles. The summed E-state index contributed by atoms with van der Waals surface area (Å²) >= 11 is 0. The molecule has 0 bridgehead atoms. The number of ether oxygens (including phenoxy) is 1. The minimum atomic E-state index is 0.817. The van der Waals surface area contributed by atoms with E-state index in [1.54, 1.807) is 7.11 Å². The Morgan fingerprint density at radius 1 is 1.10 bits per heavy atom. The summed E-state index contributed by atoms with van der Waals surface area (Å²) in [4.78, 5) is 0. The average molecular weight is 134 g/mol. The van der Waals surface area contributed by atoms with E-state index in [0.717, 1.165) is 16.9 Å². The summed E-state index contributed by atoms with van der Waals surface area (Å²) in [6.07, 6.45) is 0. The molecule has 0 saturated carbocycles. The summed E-state index contributed by atoms with van der Waals surface area (Å²) < 4.78 is 5.00. The molecule has 0 aliphatic carbocycles. The fraction of sp³-hybridized carbons (Fsp3) is 0.111. The van der Waals surface area contributed by atoms with Gasteiger partial charge in [-0.25, -0.2) is 0 Å². The highest BCUT2D eigenvalue weighted by Gasteiger charge is 1.92. The largest absolute Gasteiger partial charge is 0.497 e. The first-order valence-corrected chi connectivity index (χ1v) is 3.05. The van der Waals surface area contributed by atoms with Gasteiger partial charge in [0.05, 0.1) is 7.11 Å². The van der Waals surface area contributed by atoms with Gasteiger partial charge in [-0.15, -0.1) is 0 Å². The van der Waals surface area contributed by atoms with Gasteiger partial charge in [-0.2, -0.15) is 0 Å². The molecule has 0 aromatic heterocycles. The van der Waals surface area contributed by atoms with Crippen molar-refractivity contribution in [3.8, 4) is 5.75 Å². The minimum Gasteiger partial charge on any atom is -0.497 e. The fourth-order valence-electron chi connectivity index (χ4n) is 0.846. The van der Waals surface area contributed by atoms with Crippen LogP contribution in [0.2, 0.25) is 0 Å². The van der Waals surface area contributed by atoms with Crippen molar-refractivity contribution in [1.29, 1.82) is 0 Å². The molecular weight excluding hydrogens is 124 g/mol. The van der Waals surface area contributed by atoms with Crippen molar-refractivity contribution < 1.29 is 4.74 Å². The first-order chi connectivity index (χ1) is 4.72. The van der Waals surface area contributed by atoms with Crippen LogP contribution in [-0.4, -0.2) is 7.11 Å². The molecular formula is C9H10O. The van der Waals surface area contributed by atoms with Crippen molar-refractivity contribution in [2.45, 2.75) is 0 Å². The second kappa shape index (κ2) is 2.74. The first-order valence-electron chi connectivity index (χ1n) is 3.05. The second-order valence-corrected chi connectivity index (χ2v) is 2.19. The molecule has 0 amide bonds. The number of hydrogen-bond acceptors (Lipinski definition) is 1. The summed E-state index contributed by atoms with van der Waals surface area (Å²) in [6, 6.07) is 5.64. The summed E-state index contributed by atoms with van der Waals surface area (Å²) in [5, 5.41) is 0. The monoisotopic (exact) mass is 134 g/mol. The quantitative estimate of drug-likeness (QED) is 0.571. The van der Waals surface area contributed by atoms with Crippen LogP contribution >= 0.6 is 0 Å². The number of rotatable bonds is 1. The predicted octanol–water partition coefficient (Wildman–Crippen LogP) is 2.06. The van der Waals surface area contributed by atoms with Gasteiger partial charge in [0, 0.05) is 0 Å². The van der Waals surface area contributed by atoms with Crippen molar-refractivity contribution in [2.75, 3.05) is 7.11 Å². The van der Waals surface area contributed by atoms with Crippen LogP contribution in [0.3, 0.4) is 0 Å². The van der Waals surface area contributed by atoms with Gasteiger partial charge >= 0.3 is 0 Å². The highest BCUT2D eigenvalue weighted by atomic mass is 16.5. The van der Waals surface area contributed by atoms with E-state index >= 15 is 0 Å². The Kier molecular flexibility index (Phi) is 1.95. The van der Waals surface area contributed by atoms with Crippen molar-refractivity contribution in [3.05, 3.63) is 43.2 Å². The van der Waals surface area contributed by atoms with Crippen LogP contribution in [0.5, 0.6) is 5.75 Å². The molecule has 10 heavy (non-hydrogen) atoms. The molecule has 0 aliphatic rings. The lowest BCUT2D eigenvalue weighted by atomic mass is 10.1. The van der Waals surface area contributed by atoms with E-state index in [1.165, 1.54) is 0 Å². The Hall–Kier alpha value is -0.980. The standard InChI is InChI=1S/C9H10O/c1-7-4-8(2)6-9(5-7)10-3/h4-6H,1-2H2,3H3. The number of benzene rings is 1. The molecule has 52 valence electrons. The van der Waals surface area contributed by atoms with Crippen LogP contribution in [0.4, 0.5) is 0 Å². The molecule has 0 N–H and O–H groups in total. The molecule has 1 heteroatoms. The third kappa shape index (κ3) is 1.50. The van der Waals surface area contributed by atoms with E-state index in [1.807, 2.05) is 18.2 Å². The van der Waals surface area contributed by atoms with Crippen molar-refractivity contribution in [1.82, 2.24) is 0 Å². The molecule has 1 rings (SSSR count). The predicted molar refractivity (Wildman–Crippen MR) is 41.9 cm³/mol. The van der Waals surface area contributed by atoms with Gasteiger partial charge in [0.15, 0.2) is 0 Å². The maximum atomic E-state index is 5.00. The maximum Gasteiger partial charge on any atom is 0.119 e. The van der Waals surface area contributed by atoms with Gasteiger partial charge in [-0.3, -0.25) is 0 Å². The van der Waals surface area contributed by atoms with Crippen LogP contribution in [0.1, 0.15) is 11.1 Å². The molecule has 0 fully saturated rings. The van der Waals surface area contributed by atoms with E-state index in [0.29, 0.717) is 0 Å². The van der Waals surface area contributed by atoms with Crippen molar-refractivity contribution in [2.24, 2.45) is 0 Å². The minimum absolute atomic E-state index is 0.817. The third-order valence-electron chi connectivity index (χ3n) is 1.26. The maximum absolute atomic E-state index is 5.00. The van der Waals surface area contributed by atoms with Gasteiger partial charge < -0.3 is 4.74 Å². The summed E-state index contributed by atoms with van der Waals surface area (Å²) in [7, 11) is 1.63. The van der Waals surface area contributed by atoms with Crippen LogP contribution in [-0.2, 0) is 0 Å². The lowest BCUT2D eigenvalue weighted by molar-refractivity contribution is 0.414. The Labute approximate surface area is 61.6 Å². The van der Waals surface area contributed by atoms with Gasteiger partial charge in [0.1, 0.15) is 5.75 Å². The smallest absolute Gasteiger partial charge is 0.119 e. The van der Waals surface area contributed by atoms with Gasteiger partial charge in [-0.1, -0.05) is 6.07 Å². The van der Waals surface area contributed by atoms with Gasteiger partial charge in [-0.05, 0) is 37.1 Å². The van der Waals surface area contributed by atoms with Crippen LogP contribution in [0, 0.1) is 13.8 Å². The van der Waals surface area contributed by atoms with Crippen LogP contribution in [0.15, 0.2) is 18.2 Å². The fourth-order valence-corrected chi connectivity index (χ4v) is 0.846. The Morgan fingerprint density at radius 3 is 2.00 bits per heavy atom. The van der Waals surface area contributed by atoms with Crippen LogP contribution in [0.25, 0.3) is 0 Å². The number of hydrogen-bond donors (Lipinski definition) is 0. The lowest BCUT2D eigenvalue weighted by Gasteiger charge is -2.01. The van der Waals surface area contributed by atoms with E-state index < -0.39 is 0 Å². The van der Waals surface area contributed by atoms with Gasteiger partial charge in [0.2, 0.25) is 0 Å². The Morgan fingerprint density at radius 2 is 1.60 bits per heavy atom. The molecule has 2 radical (unpaired) electrons. The van der Waals surface area contributed by atoms with E-state index in [4.69, 9.17) is 4.74 Å². The second-order valence-electron chi connectivity index (χ2n) is 2.19. The van der Waals surface area contributed by atoms with E-state index in [9.17, 15) is 0 Å². The van der Waals surface area contributed by atoms with Crippen molar-refractivity contribution >= 4 is 0 Å². The lowest BCUT2D eigenvalue weighted by Crippen LogP contribution is -1.84. The molecule has 0 spiro atoms. The molecule has 0 unspecified atom stereocenters. The first kappa shape index (κ1) is 7.13. The molecule has 1 nitrogen and oxygen atoms in total. The Balaban J connectivity index is 3.06. The number of methoxy groups -OCH3 is 1.